The highest BCUT2D eigenvalue weighted by Crippen LogP contribution is 2.13. The lowest BCUT2D eigenvalue weighted by Crippen LogP contribution is -3.00. The van der Waals surface area contributed by atoms with Gasteiger partial charge in [-0.3, -0.25) is 0 Å². The van der Waals surface area contributed by atoms with Crippen molar-refractivity contribution in [1.82, 2.24) is 0 Å². The van der Waals surface area contributed by atoms with Gasteiger partial charge in [-0.05, 0) is 6.42 Å². The van der Waals surface area contributed by atoms with Gasteiger partial charge in [-0.25, -0.2) is 14.3 Å². The Balaban J connectivity index is 0.00000900. The summed E-state index contributed by atoms with van der Waals surface area (Å²) in [5.74, 6) is 0. The maximum atomic E-state index is 5.66. The normalized spacial score (nSPS) is 10.9. The molecule has 1 heterocycles. The van der Waals surface area contributed by atoms with Crippen molar-refractivity contribution in [2.75, 3.05) is 19.8 Å². The van der Waals surface area contributed by atoms with Gasteiger partial charge in [0.25, 0.3) is 0 Å². The van der Waals surface area contributed by atoms with Gasteiger partial charge in [0, 0.05) is 12.1 Å². The van der Waals surface area contributed by atoms with Gasteiger partial charge in [-0.15, -0.1) is 0 Å². The first-order valence-electron chi connectivity index (χ1n) is 12.8. The second-order valence-corrected chi connectivity index (χ2v) is 8.52. The molecule has 0 aliphatic carbocycles. The zero-order valence-electron chi connectivity index (χ0n) is 20.2. The van der Waals surface area contributed by atoms with E-state index in [9.17, 15) is 0 Å². The van der Waals surface area contributed by atoms with E-state index in [1.165, 1.54) is 95.6 Å². The molecule has 0 radical (unpaired) electrons. The molecule has 182 valence electrons. The quantitative estimate of drug-likeness (QED) is 0.126. The van der Waals surface area contributed by atoms with E-state index in [1.807, 2.05) is 6.07 Å². The lowest BCUT2D eigenvalue weighted by molar-refractivity contribution is -0.702. The van der Waals surface area contributed by atoms with Crippen LogP contribution in [0.4, 0.5) is 0 Å². The van der Waals surface area contributed by atoms with Gasteiger partial charge in [-0.2, -0.15) is 0 Å². The molecule has 0 saturated heterocycles. The van der Waals surface area contributed by atoms with Crippen LogP contribution >= 0.6 is 0 Å². The highest BCUT2D eigenvalue weighted by Gasteiger charge is 2.08. The van der Waals surface area contributed by atoms with Gasteiger partial charge < -0.3 is 18.1 Å². The summed E-state index contributed by atoms with van der Waals surface area (Å²) in [6, 6.07) is 6.21. The van der Waals surface area contributed by atoms with Crippen molar-refractivity contribution < 1.29 is 26.7 Å². The SMILES string of the molecule is CCCCCCCCCCCCCCCCCOOCCc1cccc[n+]1CCN.[Cl-]. The van der Waals surface area contributed by atoms with Gasteiger partial charge in [-0.1, -0.05) is 103 Å². The molecule has 0 fully saturated rings. The van der Waals surface area contributed by atoms with Gasteiger partial charge in [0.2, 0.25) is 0 Å². The lowest BCUT2D eigenvalue weighted by atomic mass is 10.0. The molecule has 0 saturated carbocycles. The second-order valence-electron chi connectivity index (χ2n) is 8.52. The van der Waals surface area contributed by atoms with Crippen LogP contribution in [0.5, 0.6) is 0 Å². The minimum Gasteiger partial charge on any atom is -1.00 e. The van der Waals surface area contributed by atoms with Crippen LogP contribution in [0, 0.1) is 0 Å². The van der Waals surface area contributed by atoms with Crippen LogP contribution in [0.25, 0.3) is 0 Å². The van der Waals surface area contributed by atoms with Crippen molar-refractivity contribution in [1.29, 1.82) is 0 Å². The molecule has 0 spiro atoms. The Morgan fingerprint density at radius 1 is 0.710 bits per heavy atom. The third-order valence-electron chi connectivity index (χ3n) is 5.76. The van der Waals surface area contributed by atoms with Gasteiger partial charge in [0.05, 0.1) is 26.2 Å². The summed E-state index contributed by atoms with van der Waals surface area (Å²) in [5, 5.41) is 0. The molecule has 1 rings (SSSR count). The first-order valence-corrected chi connectivity index (χ1v) is 12.8. The lowest BCUT2D eigenvalue weighted by Gasteiger charge is -2.05. The van der Waals surface area contributed by atoms with Crippen LogP contribution in [0.1, 0.15) is 109 Å². The maximum absolute atomic E-state index is 5.66. The van der Waals surface area contributed by atoms with E-state index in [0.29, 0.717) is 19.8 Å². The molecule has 0 aliphatic rings. The molecule has 31 heavy (non-hydrogen) atoms. The van der Waals surface area contributed by atoms with Crippen LogP contribution in [0.2, 0.25) is 0 Å². The second kappa shape index (κ2) is 24.0. The van der Waals surface area contributed by atoms with Crippen LogP contribution in [0.3, 0.4) is 0 Å². The summed E-state index contributed by atoms with van der Waals surface area (Å²) < 4.78 is 2.18. The van der Waals surface area contributed by atoms with E-state index in [-0.39, 0.29) is 12.4 Å². The molecule has 0 aromatic carbocycles. The Morgan fingerprint density at radius 2 is 1.23 bits per heavy atom. The Bertz CT molecular complexity index is 488. The summed E-state index contributed by atoms with van der Waals surface area (Å²) >= 11 is 0. The fourth-order valence-corrected chi connectivity index (χ4v) is 3.89. The Kier molecular flexibility index (Phi) is 23.4. The average Bonchev–Trinajstić information content (AvgIpc) is 2.76. The number of hydrogen-bond acceptors (Lipinski definition) is 3. The van der Waals surface area contributed by atoms with Crippen molar-refractivity contribution in [3.05, 3.63) is 30.1 Å². The average molecular weight is 457 g/mol. The van der Waals surface area contributed by atoms with E-state index in [4.69, 9.17) is 15.5 Å². The fraction of sp³-hybridized carbons (Fsp3) is 0.808. The third kappa shape index (κ3) is 18.6. The van der Waals surface area contributed by atoms with Gasteiger partial charge in [0.1, 0.15) is 0 Å². The molecule has 0 aliphatic heterocycles. The summed E-state index contributed by atoms with van der Waals surface area (Å²) in [6.45, 7) is 5.08. The van der Waals surface area contributed by atoms with Gasteiger partial charge in [0.15, 0.2) is 18.4 Å². The van der Waals surface area contributed by atoms with Crippen molar-refractivity contribution in [3.8, 4) is 0 Å². The van der Waals surface area contributed by atoms with Gasteiger partial charge >= 0.3 is 0 Å². The van der Waals surface area contributed by atoms with E-state index >= 15 is 0 Å². The Morgan fingerprint density at radius 3 is 1.77 bits per heavy atom. The van der Waals surface area contributed by atoms with Crippen LogP contribution < -0.4 is 22.7 Å². The number of nitrogens with zero attached hydrogens (tertiary/aromatic N) is 1. The molecule has 0 bridgehead atoms. The number of nitrogens with two attached hydrogens (primary N) is 1. The molecular formula is C26H49ClN2O2. The van der Waals surface area contributed by atoms with E-state index in [2.05, 4.69) is 29.8 Å². The molecule has 5 heteroatoms. The fourth-order valence-electron chi connectivity index (χ4n) is 3.89. The minimum absolute atomic E-state index is 0. The number of rotatable bonds is 22. The molecule has 0 unspecified atom stereocenters. The van der Waals surface area contributed by atoms with Crippen molar-refractivity contribution in [2.24, 2.45) is 5.73 Å². The molecule has 4 nitrogen and oxygen atoms in total. The van der Waals surface area contributed by atoms with Crippen LogP contribution in [-0.4, -0.2) is 19.8 Å². The molecule has 1 aromatic rings. The number of pyridine rings is 1. The number of aromatic nitrogens is 1. The first kappa shape index (κ1) is 30.3. The standard InChI is InChI=1S/C26H49N2O2.ClH/c1-2-3-4-5-6-7-8-9-10-11-12-13-14-15-18-24-29-30-25-20-26-19-16-17-22-28(26)23-21-27;/h16-17,19,22H,2-15,18,20-21,23-25,27H2,1H3;1H/q+1;/p-1. The monoisotopic (exact) mass is 456 g/mol. The van der Waals surface area contributed by atoms with Crippen LogP contribution in [0.15, 0.2) is 24.4 Å². The Hall–Kier alpha value is -0.680. The molecule has 0 atom stereocenters. The smallest absolute Gasteiger partial charge is 0.183 e. The topological polar surface area (TPSA) is 48.4 Å². The van der Waals surface area contributed by atoms with Crippen molar-refractivity contribution in [3.63, 3.8) is 0 Å². The first-order chi connectivity index (χ1) is 14.9. The van der Waals surface area contributed by atoms with E-state index in [0.717, 1.165) is 19.4 Å². The third-order valence-corrected chi connectivity index (χ3v) is 5.76. The zero-order valence-corrected chi connectivity index (χ0v) is 20.9. The van der Waals surface area contributed by atoms with Crippen molar-refractivity contribution in [2.45, 2.75) is 116 Å². The van der Waals surface area contributed by atoms with Crippen molar-refractivity contribution >= 4 is 0 Å². The van der Waals surface area contributed by atoms with E-state index in [1.54, 1.807) is 0 Å². The van der Waals surface area contributed by atoms with E-state index < -0.39 is 0 Å². The minimum atomic E-state index is 0. The zero-order chi connectivity index (χ0) is 21.5. The largest absolute Gasteiger partial charge is 1.00 e. The summed E-state index contributed by atoms with van der Waals surface area (Å²) in [5.41, 5.74) is 6.89. The molecule has 1 aromatic heterocycles. The highest BCUT2D eigenvalue weighted by molar-refractivity contribution is 4.97. The number of hydrogen-bond donors (Lipinski definition) is 1. The summed E-state index contributed by atoms with van der Waals surface area (Å²) in [4.78, 5) is 10.7. The predicted molar refractivity (Wildman–Crippen MR) is 126 cm³/mol. The maximum Gasteiger partial charge on any atom is 0.183 e. The molecular weight excluding hydrogens is 408 g/mol. The van der Waals surface area contributed by atoms with Crippen LogP contribution in [-0.2, 0) is 22.7 Å². The Labute approximate surface area is 198 Å². The summed E-state index contributed by atoms with van der Waals surface area (Å²) in [6.07, 6.45) is 23.6. The number of halogens is 1. The predicted octanol–water partition coefficient (Wildman–Crippen LogP) is 3.30. The molecule has 2 N–H and O–H groups in total. The number of unbranched alkanes of at least 4 members (excludes halogenated alkanes) is 14. The highest BCUT2D eigenvalue weighted by atomic mass is 35.5. The molecule has 0 amide bonds. The summed E-state index contributed by atoms with van der Waals surface area (Å²) in [7, 11) is 0.